The number of nitrogens with one attached hydrogen (secondary N) is 3. The van der Waals surface area contributed by atoms with Gasteiger partial charge in [0.15, 0.2) is 18.6 Å². The molecule has 0 aliphatic carbocycles. The maximum atomic E-state index is 12.5. The van der Waals surface area contributed by atoms with Gasteiger partial charge in [0.05, 0.1) is 16.8 Å². The van der Waals surface area contributed by atoms with Crippen molar-refractivity contribution < 1.29 is 19.1 Å². The quantitative estimate of drug-likeness (QED) is 0.603. The molecule has 1 aromatic carbocycles. The van der Waals surface area contributed by atoms with Gasteiger partial charge in [0.25, 0.3) is 11.8 Å². The monoisotopic (exact) mass is 351 g/mol. The van der Waals surface area contributed by atoms with E-state index in [1.165, 1.54) is 12.5 Å². The molecule has 0 fully saturated rings. The van der Waals surface area contributed by atoms with Gasteiger partial charge in [0.1, 0.15) is 17.6 Å². The average Bonchev–Trinajstić information content (AvgIpc) is 3.09. The number of aldehydes is 1. The van der Waals surface area contributed by atoms with Gasteiger partial charge in [-0.1, -0.05) is 6.07 Å². The van der Waals surface area contributed by atoms with E-state index in [4.69, 9.17) is 4.74 Å². The number of amides is 2. The standard InChI is InChI=1S/C17H13N5O4/c23-6-10-5-18-15-14(10)20-8-21-16(15)17(25)19-4-9-1-2-12-11(3-9)22-13(24)7-26-12/h1-3,5-6,8,18H,4,7H2,(H,19,25)(H,22,24). The molecule has 9 nitrogen and oxygen atoms in total. The fourth-order valence-electron chi connectivity index (χ4n) is 2.73. The highest BCUT2D eigenvalue weighted by Crippen LogP contribution is 2.28. The molecule has 3 aromatic rings. The van der Waals surface area contributed by atoms with Gasteiger partial charge in [-0.2, -0.15) is 0 Å². The Labute approximate surface area is 146 Å². The van der Waals surface area contributed by atoms with E-state index >= 15 is 0 Å². The van der Waals surface area contributed by atoms with Crippen LogP contribution in [0.4, 0.5) is 5.69 Å². The van der Waals surface area contributed by atoms with Crippen molar-refractivity contribution in [1.82, 2.24) is 20.3 Å². The summed E-state index contributed by atoms with van der Waals surface area (Å²) < 4.78 is 5.30. The number of carbonyl (C=O) groups is 3. The normalized spacial score (nSPS) is 12.8. The molecule has 1 aliphatic heterocycles. The smallest absolute Gasteiger partial charge is 0.272 e. The van der Waals surface area contributed by atoms with Crippen molar-refractivity contribution in [3.8, 4) is 5.75 Å². The van der Waals surface area contributed by atoms with Crippen molar-refractivity contribution in [2.75, 3.05) is 11.9 Å². The molecule has 2 amide bonds. The molecule has 0 bridgehead atoms. The van der Waals surface area contributed by atoms with Crippen LogP contribution in [0.1, 0.15) is 26.4 Å². The number of ether oxygens (including phenoxy) is 1. The largest absolute Gasteiger partial charge is 0.482 e. The predicted molar refractivity (Wildman–Crippen MR) is 91.0 cm³/mol. The maximum Gasteiger partial charge on any atom is 0.272 e. The summed E-state index contributed by atoms with van der Waals surface area (Å²) in [5.74, 6) is -0.0422. The molecular formula is C17H13N5O4. The maximum absolute atomic E-state index is 12.5. The summed E-state index contributed by atoms with van der Waals surface area (Å²) in [6.45, 7) is 0.223. The number of carbonyl (C=O) groups excluding carboxylic acids is 3. The van der Waals surface area contributed by atoms with Gasteiger partial charge >= 0.3 is 0 Å². The summed E-state index contributed by atoms with van der Waals surface area (Å²) >= 11 is 0. The van der Waals surface area contributed by atoms with Crippen molar-refractivity contribution in [2.24, 2.45) is 0 Å². The van der Waals surface area contributed by atoms with Crippen LogP contribution in [0.25, 0.3) is 11.0 Å². The van der Waals surface area contributed by atoms with E-state index in [0.717, 1.165) is 5.56 Å². The molecular weight excluding hydrogens is 338 g/mol. The van der Waals surface area contributed by atoms with Crippen molar-refractivity contribution in [1.29, 1.82) is 0 Å². The molecule has 0 saturated carbocycles. The molecule has 0 atom stereocenters. The Morgan fingerprint density at radius 2 is 2.23 bits per heavy atom. The zero-order valence-corrected chi connectivity index (χ0v) is 13.4. The lowest BCUT2D eigenvalue weighted by molar-refractivity contribution is -0.118. The molecule has 0 saturated heterocycles. The predicted octanol–water partition coefficient (Wildman–Crippen LogP) is 1.03. The minimum atomic E-state index is -0.408. The van der Waals surface area contributed by atoms with Crippen LogP contribution in [-0.2, 0) is 11.3 Å². The van der Waals surface area contributed by atoms with Gasteiger partial charge < -0.3 is 20.4 Å². The number of aromatic amines is 1. The van der Waals surface area contributed by atoms with Gasteiger partial charge in [-0.25, -0.2) is 9.97 Å². The van der Waals surface area contributed by atoms with Gasteiger partial charge in [0, 0.05) is 12.7 Å². The van der Waals surface area contributed by atoms with E-state index in [-0.39, 0.29) is 24.8 Å². The first-order chi connectivity index (χ1) is 12.7. The van der Waals surface area contributed by atoms with Gasteiger partial charge in [-0.3, -0.25) is 14.4 Å². The highest BCUT2D eigenvalue weighted by Gasteiger charge is 2.18. The van der Waals surface area contributed by atoms with Crippen LogP contribution < -0.4 is 15.4 Å². The third kappa shape index (κ3) is 2.75. The summed E-state index contributed by atoms with van der Waals surface area (Å²) in [6, 6.07) is 5.27. The topological polar surface area (TPSA) is 126 Å². The number of hydrogen-bond acceptors (Lipinski definition) is 6. The summed E-state index contributed by atoms with van der Waals surface area (Å²) in [5, 5.41) is 5.48. The van der Waals surface area contributed by atoms with E-state index in [2.05, 4.69) is 25.6 Å². The van der Waals surface area contributed by atoms with Crippen LogP contribution >= 0.6 is 0 Å². The van der Waals surface area contributed by atoms with Gasteiger partial charge in [-0.05, 0) is 17.7 Å². The van der Waals surface area contributed by atoms with E-state index in [0.29, 0.717) is 34.3 Å². The second-order valence-electron chi connectivity index (χ2n) is 5.66. The van der Waals surface area contributed by atoms with Crippen molar-refractivity contribution >= 4 is 34.8 Å². The Bertz CT molecular complexity index is 1040. The lowest BCUT2D eigenvalue weighted by atomic mass is 10.1. The first kappa shape index (κ1) is 15.8. The highest BCUT2D eigenvalue weighted by atomic mass is 16.5. The van der Waals surface area contributed by atoms with Crippen LogP contribution in [0.15, 0.2) is 30.7 Å². The minimum Gasteiger partial charge on any atom is -0.482 e. The molecule has 0 unspecified atom stereocenters. The lowest BCUT2D eigenvalue weighted by Crippen LogP contribution is -2.26. The van der Waals surface area contributed by atoms with Crippen molar-refractivity contribution in [2.45, 2.75) is 6.54 Å². The Morgan fingerprint density at radius 3 is 3.08 bits per heavy atom. The third-order valence-corrected chi connectivity index (χ3v) is 3.96. The number of benzene rings is 1. The molecule has 0 radical (unpaired) electrons. The molecule has 2 aromatic heterocycles. The van der Waals surface area contributed by atoms with Crippen LogP contribution in [0, 0.1) is 0 Å². The first-order valence-electron chi connectivity index (χ1n) is 7.77. The summed E-state index contributed by atoms with van der Waals surface area (Å²) in [4.78, 5) is 45.7. The van der Waals surface area contributed by atoms with Crippen LogP contribution in [-0.4, -0.2) is 39.7 Å². The van der Waals surface area contributed by atoms with Crippen molar-refractivity contribution in [3.05, 3.63) is 47.5 Å². The molecule has 9 heteroatoms. The van der Waals surface area contributed by atoms with Crippen LogP contribution in [0.2, 0.25) is 0 Å². The lowest BCUT2D eigenvalue weighted by Gasteiger charge is -2.18. The molecule has 130 valence electrons. The van der Waals surface area contributed by atoms with Crippen LogP contribution in [0.5, 0.6) is 5.75 Å². The fourth-order valence-corrected chi connectivity index (χ4v) is 2.73. The van der Waals surface area contributed by atoms with Crippen LogP contribution in [0.3, 0.4) is 0 Å². The van der Waals surface area contributed by atoms with Gasteiger partial charge in [0.2, 0.25) is 0 Å². The molecule has 0 spiro atoms. The summed E-state index contributed by atoms with van der Waals surface area (Å²) in [7, 11) is 0. The van der Waals surface area contributed by atoms with E-state index < -0.39 is 5.91 Å². The van der Waals surface area contributed by atoms with E-state index in [9.17, 15) is 14.4 Å². The van der Waals surface area contributed by atoms with Gasteiger partial charge in [-0.15, -0.1) is 0 Å². The highest BCUT2D eigenvalue weighted by molar-refractivity contribution is 6.06. The zero-order chi connectivity index (χ0) is 18.1. The molecule has 1 aliphatic rings. The fraction of sp³-hybridized carbons (Fsp3) is 0.118. The number of fused-ring (bicyclic) bond motifs is 2. The number of aromatic nitrogens is 3. The molecule has 4 rings (SSSR count). The Hall–Kier alpha value is -3.75. The number of H-pyrrole nitrogens is 1. The SMILES string of the molecule is O=Cc1c[nH]c2c(C(=O)NCc3ccc4c(c3)NC(=O)CO4)ncnc12. The first-order valence-corrected chi connectivity index (χ1v) is 7.77. The summed E-state index contributed by atoms with van der Waals surface area (Å²) in [6.07, 6.45) is 3.39. The van der Waals surface area contributed by atoms with E-state index in [1.54, 1.807) is 18.2 Å². The van der Waals surface area contributed by atoms with E-state index in [1.807, 2.05) is 0 Å². The molecule has 3 N–H and O–H groups in total. The second kappa shape index (κ2) is 6.28. The third-order valence-electron chi connectivity index (χ3n) is 3.96. The number of hydrogen-bond donors (Lipinski definition) is 3. The Balaban J connectivity index is 1.53. The minimum absolute atomic E-state index is 0.00822. The average molecular weight is 351 g/mol. The number of anilines is 1. The Kier molecular flexibility index (Phi) is 3.81. The summed E-state index contributed by atoms with van der Waals surface area (Å²) in [5.41, 5.74) is 2.66. The number of rotatable bonds is 4. The Morgan fingerprint density at radius 1 is 1.35 bits per heavy atom. The zero-order valence-electron chi connectivity index (χ0n) is 13.4. The van der Waals surface area contributed by atoms with Crippen molar-refractivity contribution in [3.63, 3.8) is 0 Å². The number of nitrogens with zero attached hydrogens (tertiary/aromatic N) is 2. The molecule has 3 heterocycles. The molecule has 26 heavy (non-hydrogen) atoms. The second-order valence-corrected chi connectivity index (χ2v) is 5.66.